The van der Waals surface area contributed by atoms with E-state index in [1.165, 1.54) is 0 Å². The van der Waals surface area contributed by atoms with E-state index in [-0.39, 0.29) is 41.0 Å². The van der Waals surface area contributed by atoms with Crippen LogP contribution in [0.5, 0.6) is 0 Å². The lowest BCUT2D eigenvalue weighted by Gasteiger charge is -2.12. The van der Waals surface area contributed by atoms with Crippen LogP contribution in [0.15, 0.2) is 41.9 Å². The first-order chi connectivity index (χ1) is 17.1. The molecule has 0 bridgehead atoms. The number of thiazole rings is 1. The van der Waals surface area contributed by atoms with Gasteiger partial charge in [0.05, 0.1) is 30.6 Å². The van der Waals surface area contributed by atoms with Crippen molar-refractivity contribution in [3.8, 4) is 11.3 Å². The number of nitrogens with zero attached hydrogens (tertiary/aromatic N) is 4. The number of halogens is 3. The zero-order chi connectivity index (χ0) is 26.0. The SMILES string of the molecule is CCOC(=O)Cc1csc(NC(=O)c2cnn3c(C(F)(F)F)cc(-c4ccc(C(C)C)cc4)nc23)n1. The van der Waals surface area contributed by atoms with Crippen molar-refractivity contribution in [2.24, 2.45) is 0 Å². The van der Waals surface area contributed by atoms with Crippen molar-refractivity contribution in [3.63, 3.8) is 0 Å². The Morgan fingerprint density at radius 1 is 1.17 bits per heavy atom. The van der Waals surface area contributed by atoms with Gasteiger partial charge in [0.2, 0.25) is 0 Å². The van der Waals surface area contributed by atoms with Crippen LogP contribution in [0.3, 0.4) is 0 Å². The molecule has 0 aliphatic carbocycles. The highest BCUT2D eigenvalue weighted by molar-refractivity contribution is 7.14. The van der Waals surface area contributed by atoms with Gasteiger partial charge in [-0.2, -0.15) is 18.3 Å². The predicted molar refractivity (Wildman–Crippen MR) is 128 cm³/mol. The monoisotopic (exact) mass is 517 g/mol. The fraction of sp³-hybridized carbons (Fsp3) is 0.292. The molecule has 0 saturated heterocycles. The van der Waals surface area contributed by atoms with Crippen LogP contribution in [-0.2, 0) is 22.1 Å². The molecule has 8 nitrogen and oxygen atoms in total. The van der Waals surface area contributed by atoms with E-state index in [4.69, 9.17) is 4.74 Å². The van der Waals surface area contributed by atoms with Crippen LogP contribution >= 0.6 is 11.3 Å². The van der Waals surface area contributed by atoms with E-state index >= 15 is 0 Å². The summed E-state index contributed by atoms with van der Waals surface area (Å²) in [5.74, 6) is -0.926. The molecule has 0 atom stereocenters. The molecule has 1 aromatic carbocycles. The highest BCUT2D eigenvalue weighted by Gasteiger charge is 2.36. The number of hydrogen-bond donors (Lipinski definition) is 1. The lowest BCUT2D eigenvalue weighted by molar-refractivity contribution is -0.143. The fourth-order valence-electron chi connectivity index (χ4n) is 3.48. The smallest absolute Gasteiger partial charge is 0.433 e. The van der Waals surface area contributed by atoms with Crippen molar-refractivity contribution >= 4 is 34.0 Å². The van der Waals surface area contributed by atoms with Gasteiger partial charge in [-0.1, -0.05) is 38.1 Å². The second-order valence-electron chi connectivity index (χ2n) is 8.17. The Kier molecular flexibility index (Phi) is 7.07. The Bertz CT molecular complexity index is 1410. The van der Waals surface area contributed by atoms with Gasteiger partial charge in [0.15, 0.2) is 16.5 Å². The molecule has 3 heterocycles. The van der Waals surface area contributed by atoms with Gasteiger partial charge in [-0.25, -0.2) is 14.5 Å². The molecule has 3 aromatic heterocycles. The van der Waals surface area contributed by atoms with Crippen LogP contribution in [0.1, 0.15) is 54.0 Å². The second kappa shape index (κ2) is 10.1. The number of rotatable bonds is 7. The number of benzene rings is 1. The molecule has 4 aromatic rings. The van der Waals surface area contributed by atoms with E-state index in [0.29, 0.717) is 15.8 Å². The van der Waals surface area contributed by atoms with Gasteiger partial charge in [-0.15, -0.1) is 11.3 Å². The van der Waals surface area contributed by atoms with E-state index in [0.717, 1.165) is 29.2 Å². The third-order valence-electron chi connectivity index (χ3n) is 5.28. The molecule has 0 unspecified atom stereocenters. The van der Waals surface area contributed by atoms with E-state index in [1.807, 2.05) is 26.0 Å². The number of ether oxygens (including phenoxy) is 1. The number of esters is 1. The third-order valence-corrected chi connectivity index (χ3v) is 6.09. The van der Waals surface area contributed by atoms with Crippen molar-refractivity contribution in [2.75, 3.05) is 11.9 Å². The number of carbonyl (C=O) groups excluding carboxylic acids is 2. The van der Waals surface area contributed by atoms with Crippen molar-refractivity contribution in [3.05, 3.63) is 64.4 Å². The molecule has 0 fully saturated rings. The van der Waals surface area contributed by atoms with Crippen molar-refractivity contribution in [1.29, 1.82) is 0 Å². The van der Waals surface area contributed by atoms with Gasteiger partial charge >= 0.3 is 12.1 Å². The highest BCUT2D eigenvalue weighted by Crippen LogP contribution is 2.33. The Labute approximate surface area is 208 Å². The number of hydrogen-bond acceptors (Lipinski definition) is 7. The van der Waals surface area contributed by atoms with Crippen molar-refractivity contribution < 1.29 is 27.5 Å². The normalized spacial score (nSPS) is 11.8. The lowest BCUT2D eigenvalue weighted by atomic mass is 10.0. The zero-order valence-corrected chi connectivity index (χ0v) is 20.4. The van der Waals surface area contributed by atoms with Crippen LogP contribution in [0.2, 0.25) is 0 Å². The minimum absolute atomic E-state index is 0.0608. The van der Waals surface area contributed by atoms with Crippen LogP contribution in [0, 0.1) is 0 Å². The Balaban J connectivity index is 1.68. The van der Waals surface area contributed by atoms with E-state index < -0.39 is 23.7 Å². The fourth-order valence-corrected chi connectivity index (χ4v) is 4.19. The van der Waals surface area contributed by atoms with Gasteiger partial charge < -0.3 is 4.74 Å². The molecule has 0 spiro atoms. The number of alkyl halides is 3. The summed E-state index contributed by atoms with van der Waals surface area (Å²) < 4.78 is 47.1. The van der Waals surface area contributed by atoms with Gasteiger partial charge in [0.1, 0.15) is 5.56 Å². The van der Waals surface area contributed by atoms with Gasteiger partial charge in [0, 0.05) is 10.9 Å². The second-order valence-corrected chi connectivity index (χ2v) is 9.03. The maximum absolute atomic E-state index is 13.9. The molecule has 0 radical (unpaired) electrons. The number of anilines is 1. The van der Waals surface area contributed by atoms with Crippen molar-refractivity contribution in [1.82, 2.24) is 19.6 Å². The summed E-state index contributed by atoms with van der Waals surface area (Å²) in [5.41, 5.74) is 0.524. The molecule has 36 heavy (non-hydrogen) atoms. The summed E-state index contributed by atoms with van der Waals surface area (Å²) in [6.07, 6.45) is -3.76. The third kappa shape index (κ3) is 5.38. The molecule has 0 aliphatic rings. The number of carbonyl (C=O) groups is 2. The maximum Gasteiger partial charge on any atom is 0.433 e. The first-order valence-corrected chi connectivity index (χ1v) is 11.9. The Morgan fingerprint density at radius 2 is 1.89 bits per heavy atom. The summed E-state index contributed by atoms with van der Waals surface area (Å²) in [4.78, 5) is 33.1. The lowest BCUT2D eigenvalue weighted by Crippen LogP contribution is -2.16. The van der Waals surface area contributed by atoms with Crippen LogP contribution in [0.4, 0.5) is 18.3 Å². The quantitative estimate of drug-likeness (QED) is 0.332. The average molecular weight is 518 g/mol. The minimum atomic E-state index is -4.73. The molecule has 1 amide bonds. The molecule has 12 heteroatoms. The van der Waals surface area contributed by atoms with E-state index in [2.05, 4.69) is 20.4 Å². The zero-order valence-electron chi connectivity index (χ0n) is 19.6. The number of nitrogens with one attached hydrogen (secondary N) is 1. The number of aromatic nitrogens is 4. The summed E-state index contributed by atoms with van der Waals surface area (Å²) in [5, 5.41) is 8.08. The van der Waals surface area contributed by atoms with E-state index in [1.54, 1.807) is 24.4 Å². The largest absolute Gasteiger partial charge is 0.466 e. The molecule has 1 N–H and O–H groups in total. The predicted octanol–water partition coefficient (Wildman–Crippen LogP) is 5.35. The summed E-state index contributed by atoms with van der Waals surface area (Å²) in [7, 11) is 0. The molecule has 0 aliphatic heterocycles. The Hall–Kier alpha value is -3.80. The molecule has 4 rings (SSSR count). The van der Waals surface area contributed by atoms with Crippen LogP contribution in [-0.4, -0.2) is 38.1 Å². The summed E-state index contributed by atoms with van der Waals surface area (Å²) >= 11 is 1.07. The molecular weight excluding hydrogens is 495 g/mol. The molecule has 0 saturated carbocycles. The van der Waals surface area contributed by atoms with Gasteiger partial charge in [-0.3, -0.25) is 14.9 Å². The average Bonchev–Trinajstić information content (AvgIpc) is 3.44. The van der Waals surface area contributed by atoms with Crippen LogP contribution in [0.25, 0.3) is 16.9 Å². The Morgan fingerprint density at radius 3 is 2.53 bits per heavy atom. The van der Waals surface area contributed by atoms with Crippen LogP contribution < -0.4 is 5.32 Å². The number of amides is 1. The number of fused-ring (bicyclic) bond motifs is 1. The topological polar surface area (TPSA) is 98.5 Å². The van der Waals surface area contributed by atoms with E-state index in [9.17, 15) is 22.8 Å². The highest BCUT2D eigenvalue weighted by atomic mass is 32.1. The van der Waals surface area contributed by atoms with Gasteiger partial charge in [-0.05, 0) is 24.5 Å². The first kappa shape index (κ1) is 25.3. The van der Waals surface area contributed by atoms with Crippen molar-refractivity contribution in [2.45, 2.75) is 39.3 Å². The summed E-state index contributed by atoms with van der Waals surface area (Å²) in [6.45, 7) is 5.95. The first-order valence-electron chi connectivity index (χ1n) is 11.0. The maximum atomic E-state index is 13.9. The van der Waals surface area contributed by atoms with Gasteiger partial charge in [0.25, 0.3) is 5.91 Å². The standard InChI is InChI=1S/C24H22F3N5O3S/c1-4-35-20(33)9-16-12-36-23(29-16)31-22(34)17-11-28-32-19(24(25,26)27)10-18(30-21(17)32)15-7-5-14(6-8-15)13(2)3/h5-8,10-13H,4,9H2,1-3H3,(H,29,31,34). The molecular formula is C24H22F3N5O3S. The minimum Gasteiger partial charge on any atom is -0.466 e. The summed E-state index contributed by atoms with van der Waals surface area (Å²) in [6, 6.07) is 7.98. The molecule has 188 valence electrons.